The van der Waals surface area contributed by atoms with Crippen LogP contribution in [0.3, 0.4) is 0 Å². The summed E-state index contributed by atoms with van der Waals surface area (Å²) in [6.45, 7) is 1.75. The van der Waals surface area contributed by atoms with Crippen LogP contribution in [0.5, 0.6) is 0 Å². The molecule has 0 radical (unpaired) electrons. The van der Waals surface area contributed by atoms with Gasteiger partial charge in [0.2, 0.25) is 0 Å². The monoisotopic (exact) mass is 384 g/mol. The first kappa shape index (κ1) is 17.1. The lowest BCUT2D eigenvalue weighted by Gasteiger charge is -2.09. The van der Waals surface area contributed by atoms with Crippen LogP contribution in [0.1, 0.15) is 28.7 Å². The number of halogens is 1. The van der Waals surface area contributed by atoms with Crippen molar-refractivity contribution < 1.29 is 9.53 Å². The van der Waals surface area contributed by atoms with E-state index in [9.17, 15) is 9.59 Å². The van der Waals surface area contributed by atoms with E-state index < -0.39 is 5.97 Å². The minimum atomic E-state index is -0.574. The van der Waals surface area contributed by atoms with Gasteiger partial charge >= 0.3 is 5.97 Å². The predicted molar refractivity (Wildman–Crippen MR) is 95.8 cm³/mol. The summed E-state index contributed by atoms with van der Waals surface area (Å²) in [7, 11) is 0. The molecule has 0 unspecified atom stereocenters. The van der Waals surface area contributed by atoms with E-state index in [1.54, 1.807) is 12.1 Å². The number of nitrogens with zero attached hydrogens (tertiary/aromatic N) is 6. The maximum Gasteiger partial charge on any atom is 0.341 e. The zero-order valence-corrected chi connectivity index (χ0v) is 14.9. The maximum atomic E-state index is 12.5. The second-order valence-electron chi connectivity index (χ2n) is 5.68. The van der Waals surface area contributed by atoms with Gasteiger partial charge in [-0.05, 0) is 18.6 Å². The largest absolute Gasteiger partial charge is 0.455 e. The fourth-order valence-corrected chi connectivity index (χ4v) is 2.91. The van der Waals surface area contributed by atoms with Crippen molar-refractivity contribution in [3.05, 3.63) is 69.2 Å². The van der Waals surface area contributed by atoms with E-state index in [0.29, 0.717) is 39.8 Å². The standard InChI is InChI=1S/C17H13ClN6O3/c1-2-13-12(6-19-17-20-9-21-24(13)17)16(26)27-8-11-5-15(25)23-7-10(18)3-4-14(23)22-11/h3-7,9H,2,8H2,1H3. The summed E-state index contributed by atoms with van der Waals surface area (Å²) < 4.78 is 8.16. The van der Waals surface area contributed by atoms with Crippen LogP contribution in [-0.2, 0) is 17.8 Å². The summed E-state index contributed by atoms with van der Waals surface area (Å²) in [4.78, 5) is 37.1. The van der Waals surface area contributed by atoms with Crippen molar-refractivity contribution in [2.75, 3.05) is 0 Å². The third-order valence-electron chi connectivity index (χ3n) is 3.99. The number of carbonyl (C=O) groups excluding carboxylic acids is 1. The van der Waals surface area contributed by atoms with E-state index >= 15 is 0 Å². The highest BCUT2D eigenvalue weighted by Crippen LogP contribution is 2.13. The Morgan fingerprint density at radius 2 is 2.15 bits per heavy atom. The first-order valence-electron chi connectivity index (χ1n) is 8.09. The molecule has 4 aromatic heterocycles. The Bertz CT molecular complexity index is 1230. The van der Waals surface area contributed by atoms with Gasteiger partial charge in [0.15, 0.2) is 0 Å². The lowest BCUT2D eigenvalue weighted by molar-refractivity contribution is 0.0465. The molecule has 0 bridgehead atoms. The fourth-order valence-electron chi connectivity index (χ4n) is 2.75. The van der Waals surface area contributed by atoms with Gasteiger partial charge in [0.05, 0.1) is 22.0 Å². The lowest BCUT2D eigenvalue weighted by atomic mass is 10.2. The van der Waals surface area contributed by atoms with E-state index in [4.69, 9.17) is 16.3 Å². The molecule has 0 amide bonds. The Labute approximate surface area is 157 Å². The van der Waals surface area contributed by atoms with E-state index in [1.807, 2.05) is 6.92 Å². The number of fused-ring (bicyclic) bond motifs is 2. The molecule has 10 heteroatoms. The first-order chi connectivity index (χ1) is 13.1. The minimum Gasteiger partial charge on any atom is -0.455 e. The van der Waals surface area contributed by atoms with Gasteiger partial charge in [0, 0.05) is 18.5 Å². The third kappa shape index (κ3) is 3.13. The highest BCUT2D eigenvalue weighted by molar-refractivity contribution is 6.30. The Kier molecular flexibility index (Phi) is 4.28. The molecule has 4 rings (SSSR count). The molecular weight excluding hydrogens is 372 g/mol. The van der Waals surface area contributed by atoms with Crippen LogP contribution < -0.4 is 5.56 Å². The van der Waals surface area contributed by atoms with Crippen molar-refractivity contribution in [3.8, 4) is 0 Å². The van der Waals surface area contributed by atoms with Gasteiger partial charge in [0.25, 0.3) is 11.3 Å². The Morgan fingerprint density at radius 3 is 2.96 bits per heavy atom. The van der Waals surface area contributed by atoms with Crippen molar-refractivity contribution in [2.45, 2.75) is 20.0 Å². The van der Waals surface area contributed by atoms with Gasteiger partial charge in [-0.3, -0.25) is 9.20 Å². The van der Waals surface area contributed by atoms with E-state index in [1.165, 1.54) is 33.7 Å². The lowest BCUT2D eigenvalue weighted by Crippen LogP contribution is -2.17. The van der Waals surface area contributed by atoms with Gasteiger partial charge < -0.3 is 4.74 Å². The summed E-state index contributed by atoms with van der Waals surface area (Å²) in [5, 5.41) is 4.50. The molecule has 0 aliphatic carbocycles. The number of pyridine rings is 1. The van der Waals surface area contributed by atoms with Crippen LogP contribution in [-0.4, -0.2) is 34.9 Å². The Hall–Kier alpha value is -3.33. The smallest absolute Gasteiger partial charge is 0.341 e. The van der Waals surface area contributed by atoms with Gasteiger partial charge in [-0.1, -0.05) is 18.5 Å². The minimum absolute atomic E-state index is 0.147. The molecule has 0 saturated heterocycles. The fraction of sp³-hybridized carbons (Fsp3) is 0.176. The average Bonchev–Trinajstić information content (AvgIpc) is 3.14. The molecule has 0 aromatic carbocycles. The highest BCUT2D eigenvalue weighted by Gasteiger charge is 2.17. The number of ether oxygens (including phenoxy) is 1. The highest BCUT2D eigenvalue weighted by atomic mass is 35.5. The summed E-state index contributed by atoms with van der Waals surface area (Å²) in [6.07, 6.45) is 4.81. The number of hydrogen-bond acceptors (Lipinski definition) is 7. The second-order valence-corrected chi connectivity index (χ2v) is 6.12. The number of rotatable bonds is 4. The molecule has 0 aliphatic heterocycles. The zero-order valence-electron chi connectivity index (χ0n) is 14.2. The van der Waals surface area contributed by atoms with Crippen LogP contribution in [0.25, 0.3) is 11.4 Å². The van der Waals surface area contributed by atoms with E-state index in [0.717, 1.165) is 0 Å². The second kappa shape index (κ2) is 6.76. The maximum absolute atomic E-state index is 12.5. The van der Waals surface area contributed by atoms with Gasteiger partial charge in [0.1, 0.15) is 18.6 Å². The molecule has 0 saturated carbocycles. The molecule has 0 aliphatic rings. The van der Waals surface area contributed by atoms with E-state index in [-0.39, 0.29) is 12.2 Å². The van der Waals surface area contributed by atoms with Crippen molar-refractivity contribution in [2.24, 2.45) is 0 Å². The third-order valence-corrected chi connectivity index (χ3v) is 4.21. The first-order valence-corrected chi connectivity index (χ1v) is 8.47. The number of esters is 1. The molecule has 0 N–H and O–H groups in total. The van der Waals surface area contributed by atoms with Crippen LogP contribution in [0.15, 0.2) is 41.7 Å². The molecule has 0 spiro atoms. The number of aryl methyl sites for hydroxylation is 1. The van der Waals surface area contributed by atoms with Crippen LogP contribution in [0.2, 0.25) is 5.02 Å². The Balaban J connectivity index is 1.60. The van der Waals surface area contributed by atoms with Crippen LogP contribution >= 0.6 is 11.6 Å². The predicted octanol–water partition coefficient (Wildman–Crippen LogP) is 1.70. The number of hydrogen-bond donors (Lipinski definition) is 0. The average molecular weight is 385 g/mol. The van der Waals surface area contributed by atoms with Gasteiger partial charge in [-0.25, -0.2) is 19.3 Å². The molecule has 27 heavy (non-hydrogen) atoms. The normalized spacial score (nSPS) is 11.2. The number of carbonyl (C=O) groups is 1. The van der Waals surface area contributed by atoms with Gasteiger partial charge in [-0.15, -0.1) is 0 Å². The molecule has 9 nitrogen and oxygen atoms in total. The van der Waals surface area contributed by atoms with E-state index in [2.05, 4.69) is 20.1 Å². The van der Waals surface area contributed by atoms with Gasteiger partial charge in [-0.2, -0.15) is 10.1 Å². The summed E-state index contributed by atoms with van der Waals surface area (Å²) in [6, 6.07) is 4.55. The van der Waals surface area contributed by atoms with Crippen LogP contribution in [0, 0.1) is 0 Å². The van der Waals surface area contributed by atoms with Crippen molar-refractivity contribution in [3.63, 3.8) is 0 Å². The summed E-state index contributed by atoms with van der Waals surface area (Å²) >= 11 is 5.89. The number of aromatic nitrogens is 6. The topological polar surface area (TPSA) is 104 Å². The molecule has 4 heterocycles. The van der Waals surface area contributed by atoms with Crippen molar-refractivity contribution in [1.82, 2.24) is 29.0 Å². The molecular formula is C17H13ClN6O3. The Morgan fingerprint density at radius 1 is 1.30 bits per heavy atom. The quantitative estimate of drug-likeness (QED) is 0.493. The molecule has 0 fully saturated rings. The zero-order chi connectivity index (χ0) is 19.0. The van der Waals surface area contributed by atoms with Crippen molar-refractivity contribution in [1.29, 1.82) is 0 Å². The SMILES string of the molecule is CCc1c(C(=O)OCc2cc(=O)n3cc(Cl)ccc3n2)cnc2ncnn12. The molecule has 0 atom stereocenters. The molecule has 136 valence electrons. The van der Waals surface area contributed by atoms with Crippen LogP contribution in [0.4, 0.5) is 0 Å². The summed E-state index contributed by atoms with van der Waals surface area (Å²) in [5.41, 5.74) is 1.37. The molecule has 4 aromatic rings. The van der Waals surface area contributed by atoms with Crippen molar-refractivity contribution >= 4 is 29.0 Å². The summed E-state index contributed by atoms with van der Waals surface area (Å²) in [5.74, 6) is -0.166.